The van der Waals surface area contributed by atoms with Gasteiger partial charge in [0, 0.05) is 29.6 Å². The molecule has 1 saturated heterocycles. The first-order chi connectivity index (χ1) is 12.5. The van der Waals surface area contributed by atoms with Crippen molar-refractivity contribution in [3.63, 3.8) is 0 Å². The summed E-state index contributed by atoms with van der Waals surface area (Å²) >= 11 is 5.15. The number of hydrogen-bond acceptors (Lipinski definition) is 3. The predicted octanol–water partition coefficient (Wildman–Crippen LogP) is 0.520. The fourth-order valence-corrected chi connectivity index (χ4v) is 3.47. The van der Waals surface area contributed by atoms with E-state index in [0.29, 0.717) is 6.54 Å². The van der Waals surface area contributed by atoms with Crippen molar-refractivity contribution in [2.24, 2.45) is 5.92 Å². The molecule has 0 spiro atoms. The molecule has 1 aromatic heterocycles. The van der Waals surface area contributed by atoms with Crippen LogP contribution < -0.4 is 10.3 Å². The molecule has 26 heavy (non-hydrogen) atoms. The Balaban J connectivity index is 1.66. The van der Waals surface area contributed by atoms with Gasteiger partial charge in [-0.25, -0.2) is 0 Å². The van der Waals surface area contributed by atoms with Gasteiger partial charge in [0.15, 0.2) is 17.2 Å². The second kappa shape index (κ2) is 7.78. The summed E-state index contributed by atoms with van der Waals surface area (Å²) in [4.78, 5) is 32.7. The lowest BCUT2D eigenvalue weighted by Gasteiger charge is -2.34. The van der Waals surface area contributed by atoms with Gasteiger partial charge in [-0.2, -0.15) is 0 Å². The van der Waals surface area contributed by atoms with Crippen LogP contribution in [0.15, 0.2) is 30.5 Å². The van der Waals surface area contributed by atoms with Crippen molar-refractivity contribution >= 4 is 46.3 Å². The molecule has 7 heteroatoms. The quantitative estimate of drug-likeness (QED) is 0.394. The van der Waals surface area contributed by atoms with Gasteiger partial charge in [-0.1, -0.05) is 25.1 Å². The molecule has 2 heterocycles. The molecule has 2 amide bonds. The van der Waals surface area contributed by atoms with E-state index in [9.17, 15) is 9.59 Å². The third-order valence-electron chi connectivity index (χ3n) is 4.76. The summed E-state index contributed by atoms with van der Waals surface area (Å²) in [7, 11) is 0. The van der Waals surface area contributed by atoms with Crippen LogP contribution in [-0.2, 0) is 16.0 Å². The zero-order valence-corrected chi connectivity index (χ0v) is 15.7. The van der Waals surface area contributed by atoms with Gasteiger partial charge in [-0.3, -0.25) is 19.5 Å². The molecular formula is C19H23N4O2S+. The summed E-state index contributed by atoms with van der Waals surface area (Å²) in [6, 6.07) is 8.08. The third-order valence-corrected chi connectivity index (χ3v) is 5.06. The third kappa shape index (κ3) is 3.53. The van der Waals surface area contributed by atoms with E-state index in [2.05, 4.69) is 21.4 Å². The maximum atomic E-state index is 12.6. The molecule has 0 saturated carbocycles. The summed E-state index contributed by atoms with van der Waals surface area (Å²) in [6.07, 6.45) is 5.12. The minimum atomic E-state index is -0.862. The smallest absolute Gasteiger partial charge is 0.251 e. The normalized spacial score (nSPS) is 19.4. The minimum absolute atomic E-state index is 0.0438. The van der Waals surface area contributed by atoms with E-state index >= 15 is 0 Å². The van der Waals surface area contributed by atoms with E-state index in [0.717, 1.165) is 18.4 Å². The van der Waals surface area contributed by atoms with Crippen molar-refractivity contribution in [1.82, 2.24) is 15.2 Å². The Kier molecular flexibility index (Phi) is 5.46. The zero-order chi connectivity index (χ0) is 18.7. The number of nitrogens with one attached hydrogen (secondary N) is 3. The second-order valence-electron chi connectivity index (χ2n) is 6.47. The summed E-state index contributed by atoms with van der Waals surface area (Å²) < 4.78 is 0. The van der Waals surface area contributed by atoms with Crippen molar-refractivity contribution in [2.45, 2.75) is 32.7 Å². The number of aromatic nitrogens is 1. The molecule has 1 aromatic carbocycles. The number of thiocarbonyl (C=S) groups is 1. The summed E-state index contributed by atoms with van der Waals surface area (Å²) in [5.41, 5.74) is 2.30. The highest BCUT2D eigenvalue weighted by Gasteiger charge is 2.40. The van der Waals surface area contributed by atoms with Crippen LogP contribution in [0.2, 0.25) is 0 Å². The van der Waals surface area contributed by atoms with Crippen molar-refractivity contribution in [3.8, 4) is 0 Å². The maximum absolute atomic E-state index is 12.6. The predicted molar refractivity (Wildman–Crippen MR) is 105 cm³/mol. The Labute approximate surface area is 157 Å². The molecule has 1 aliphatic rings. The van der Waals surface area contributed by atoms with E-state index in [4.69, 9.17) is 12.2 Å². The molecule has 2 aromatic rings. The number of benzene rings is 1. The Morgan fingerprint density at radius 1 is 1.35 bits per heavy atom. The SMILES string of the molecule is CC[C@@H](C)N1C(=O)[C@H](C=[NH+]CCc2c[nH]c3ccccc23)C(=O)NC1=S. The van der Waals surface area contributed by atoms with Gasteiger partial charge in [0.1, 0.15) is 6.54 Å². The van der Waals surface area contributed by atoms with Crippen LogP contribution in [0, 0.1) is 5.92 Å². The molecular weight excluding hydrogens is 348 g/mol. The zero-order valence-electron chi connectivity index (χ0n) is 14.9. The highest BCUT2D eigenvalue weighted by atomic mass is 32.1. The van der Waals surface area contributed by atoms with Crippen LogP contribution in [0.5, 0.6) is 0 Å². The Hall–Kier alpha value is -2.54. The number of carbonyl (C=O) groups excluding carboxylic acids is 2. The first-order valence-corrected chi connectivity index (χ1v) is 9.23. The van der Waals surface area contributed by atoms with Crippen LogP contribution in [-0.4, -0.2) is 45.6 Å². The average Bonchev–Trinajstić information content (AvgIpc) is 3.03. The number of carbonyl (C=O) groups is 2. The van der Waals surface area contributed by atoms with Crippen molar-refractivity contribution in [1.29, 1.82) is 0 Å². The van der Waals surface area contributed by atoms with E-state index in [1.54, 1.807) is 6.21 Å². The Bertz CT molecular complexity index is 873. The topological polar surface area (TPSA) is 79.2 Å². The number of nitrogens with zero attached hydrogens (tertiary/aromatic N) is 1. The van der Waals surface area contributed by atoms with Gasteiger partial charge < -0.3 is 10.3 Å². The molecule has 0 bridgehead atoms. The first-order valence-electron chi connectivity index (χ1n) is 8.82. The van der Waals surface area contributed by atoms with Gasteiger partial charge in [0.05, 0.1) is 0 Å². The van der Waals surface area contributed by atoms with Crippen molar-refractivity contribution in [2.75, 3.05) is 6.54 Å². The van der Waals surface area contributed by atoms with E-state index in [1.165, 1.54) is 15.8 Å². The molecule has 0 radical (unpaired) electrons. The highest BCUT2D eigenvalue weighted by Crippen LogP contribution is 2.17. The van der Waals surface area contributed by atoms with Crippen LogP contribution in [0.1, 0.15) is 25.8 Å². The molecule has 2 atom stereocenters. The van der Waals surface area contributed by atoms with Crippen molar-refractivity contribution < 1.29 is 14.6 Å². The number of rotatable bonds is 6. The number of H-pyrrole nitrogens is 1. The van der Waals surface area contributed by atoms with Crippen LogP contribution in [0.25, 0.3) is 10.9 Å². The summed E-state index contributed by atoms with van der Waals surface area (Å²) in [5.74, 6) is -1.51. The summed E-state index contributed by atoms with van der Waals surface area (Å²) in [6.45, 7) is 4.53. The van der Waals surface area contributed by atoms with Crippen LogP contribution in [0.3, 0.4) is 0 Å². The second-order valence-corrected chi connectivity index (χ2v) is 6.85. The standard InChI is InChI=1S/C19H22N4O2S/c1-3-12(2)23-18(25)15(17(24)22-19(23)26)11-20-9-8-13-10-21-16-7-5-4-6-14(13)16/h4-7,10-12,15,21H,3,8-9H2,1-2H3,(H,22,24,26)/p+1/t12-,15-/m1/s1. The van der Waals surface area contributed by atoms with Gasteiger partial charge in [-0.05, 0) is 37.2 Å². The lowest BCUT2D eigenvalue weighted by Crippen LogP contribution is -2.73. The maximum Gasteiger partial charge on any atom is 0.251 e. The Morgan fingerprint density at radius 3 is 2.88 bits per heavy atom. The van der Waals surface area contributed by atoms with Crippen LogP contribution >= 0.6 is 12.2 Å². The van der Waals surface area contributed by atoms with Gasteiger partial charge in [0.25, 0.3) is 5.91 Å². The highest BCUT2D eigenvalue weighted by molar-refractivity contribution is 7.80. The van der Waals surface area contributed by atoms with Crippen LogP contribution in [0.4, 0.5) is 0 Å². The number of para-hydroxylation sites is 1. The fourth-order valence-electron chi connectivity index (χ4n) is 3.10. The lowest BCUT2D eigenvalue weighted by atomic mass is 10.0. The lowest BCUT2D eigenvalue weighted by molar-refractivity contribution is -0.452. The first kappa shape index (κ1) is 18.3. The number of amides is 2. The minimum Gasteiger partial charge on any atom is -0.361 e. The molecule has 136 valence electrons. The molecule has 1 fully saturated rings. The van der Waals surface area contributed by atoms with Crippen molar-refractivity contribution in [3.05, 3.63) is 36.0 Å². The molecule has 3 rings (SSSR count). The van der Waals surface area contributed by atoms with E-state index in [-0.39, 0.29) is 23.0 Å². The van der Waals surface area contributed by atoms with E-state index in [1.807, 2.05) is 38.2 Å². The molecule has 0 unspecified atom stereocenters. The summed E-state index contributed by atoms with van der Waals surface area (Å²) in [5, 5.41) is 4.01. The fraction of sp³-hybridized carbons (Fsp3) is 0.368. The number of hydrogen-bond donors (Lipinski definition) is 3. The Morgan fingerprint density at radius 2 is 2.12 bits per heavy atom. The molecule has 3 N–H and O–H groups in total. The number of aromatic amines is 1. The molecule has 1 aliphatic heterocycles. The average molecular weight is 371 g/mol. The van der Waals surface area contributed by atoms with Gasteiger partial charge in [-0.15, -0.1) is 0 Å². The number of fused-ring (bicyclic) bond motifs is 1. The largest absolute Gasteiger partial charge is 0.361 e. The molecule has 6 nitrogen and oxygen atoms in total. The van der Waals surface area contributed by atoms with Gasteiger partial charge >= 0.3 is 0 Å². The van der Waals surface area contributed by atoms with E-state index < -0.39 is 5.92 Å². The molecule has 0 aliphatic carbocycles. The van der Waals surface area contributed by atoms with Gasteiger partial charge in [0.2, 0.25) is 5.91 Å². The monoisotopic (exact) mass is 371 g/mol.